The van der Waals surface area contributed by atoms with Crippen molar-refractivity contribution in [3.8, 4) is 0 Å². The molecule has 4 unspecified atom stereocenters. The van der Waals surface area contributed by atoms with Gasteiger partial charge in [-0.2, -0.15) is 0 Å². The van der Waals surface area contributed by atoms with Gasteiger partial charge in [0, 0.05) is 49.5 Å². The number of hydrogen-bond acceptors (Lipinski definition) is 4. The minimum atomic E-state index is 0.262. The zero-order valence-corrected chi connectivity index (χ0v) is 16.5. The Kier molecular flexibility index (Phi) is 4.49. The molecule has 0 spiro atoms. The molecule has 0 amide bonds. The third-order valence-corrected chi connectivity index (χ3v) is 6.63. The predicted octanol–water partition coefficient (Wildman–Crippen LogP) is 3.74. The molecule has 3 aliphatic rings. The number of hydrogen-bond donors (Lipinski definition) is 0. The molecule has 0 aliphatic carbocycles. The van der Waals surface area contributed by atoms with Gasteiger partial charge in [0.2, 0.25) is 0 Å². The second kappa shape index (κ2) is 6.99. The van der Waals surface area contributed by atoms with Gasteiger partial charge in [-0.3, -0.25) is 9.98 Å². The van der Waals surface area contributed by atoms with Gasteiger partial charge < -0.3 is 9.80 Å². The fraction of sp³-hybridized carbons (Fsp3) is 0.565. The van der Waals surface area contributed by atoms with Crippen LogP contribution >= 0.6 is 0 Å². The van der Waals surface area contributed by atoms with E-state index >= 15 is 0 Å². The van der Waals surface area contributed by atoms with E-state index in [2.05, 4.69) is 53.0 Å². The highest BCUT2D eigenvalue weighted by molar-refractivity contribution is 5.92. The minimum absolute atomic E-state index is 0.262. The Morgan fingerprint density at radius 1 is 1.11 bits per heavy atom. The molecule has 1 aromatic heterocycles. The van der Waals surface area contributed by atoms with Crippen LogP contribution < -0.4 is 0 Å². The van der Waals surface area contributed by atoms with Crippen molar-refractivity contribution in [3.63, 3.8) is 0 Å². The van der Waals surface area contributed by atoms with E-state index in [0.29, 0.717) is 5.92 Å². The maximum absolute atomic E-state index is 4.73. The molecule has 5 rings (SSSR count). The Bertz CT molecular complexity index is 855. The Balaban J connectivity index is 1.41. The van der Waals surface area contributed by atoms with Crippen LogP contribution in [0.25, 0.3) is 10.9 Å². The molecule has 3 aliphatic heterocycles. The molecule has 27 heavy (non-hydrogen) atoms. The summed E-state index contributed by atoms with van der Waals surface area (Å²) in [5.41, 5.74) is 3.91. The molecule has 0 radical (unpaired) electrons. The number of nitrogens with zero attached hydrogens (tertiary/aromatic N) is 4. The summed E-state index contributed by atoms with van der Waals surface area (Å²) >= 11 is 0. The van der Waals surface area contributed by atoms with E-state index in [1.54, 1.807) is 0 Å². The number of likely N-dealkylation sites (tertiary alicyclic amines) is 2. The molecule has 1 aromatic carbocycles. The average Bonchev–Trinajstić information content (AvgIpc) is 3.43. The molecule has 0 N–H and O–H groups in total. The second-order valence-corrected chi connectivity index (χ2v) is 9.06. The molecule has 2 fully saturated rings. The van der Waals surface area contributed by atoms with E-state index in [0.717, 1.165) is 17.4 Å². The van der Waals surface area contributed by atoms with E-state index in [1.165, 1.54) is 62.1 Å². The monoisotopic (exact) mass is 362 g/mol. The predicted molar refractivity (Wildman–Crippen MR) is 112 cm³/mol. The Morgan fingerprint density at radius 2 is 1.96 bits per heavy atom. The average molecular weight is 363 g/mol. The molecular formula is C23H30N4. The van der Waals surface area contributed by atoms with Crippen molar-refractivity contribution in [2.24, 2.45) is 16.8 Å². The summed E-state index contributed by atoms with van der Waals surface area (Å²) in [6.07, 6.45) is 6.58. The molecule has 0 saturated carbocycles. The van der Waals surface area contributed by atoms with Crippen LogP contribution in [0.4, 0.5) is 0 Å². The van der Waals surface area contributed by atoms with Crippen LogP contribution in [0.1, 0.15) is 42.9 Å². The minimum Gasteiger partial charge on any atom is -0.306 e. The molecule has 4 atom stereocenters. The first-order valence-electron chi connectivity index (χ1n) is 10.5. The van der Waals surface area contributed by atoms with Crippen LogP contribution in [-0.4, -0.2) is 60.8 Å². The van der Waals surface area contributed by atoms with Gasteiger partial charge in [0.05, 0.1) is 5.52 Å². The number of rotatable bonds is 4. The number of piperidine rings is 1. The number of aliphatic imine (C=N–C) groups is 1. The fourth-order valence-corrected chi connectivity index (χ4v) is 5.39. The van der Waals surface area contributed by atoms with Gasteiger partial charge in [-0.05, 0) is 55.8 Å². The van der Waals surface area contributed by atoms with Crippen LogP contribution in [0.5, 0.6) is 0 Å². The Hall–Kier alpha value is -1.78. The van der Waals surface area contributed by atoms with Crippen molar-refractivity contribution in [1.29, 1.82) is 0 Å². The van der Waals surface area contributed by atoms with E-state index in [4.69, 9.17) is 4.98 Å². The van der Waals surface area contributed by atoms with E-state index in [9.17, 15) is 0 Å². The first kappa shape index (κ1) is 17.3. The molecule has 2 aromatic rings. The summed E-state index contributed by atoms with van der Waals surface area (Å²) in [5.74, 6) is 2.20. The zero-order chi connectivity index (χ0) is 18.4. The standard InChI is InChI=1S/C23H30N4/c1-16-10-18(15-27(12-16)14-17-7-9-26(2)13-17)19-5-6-21(22-11-25-22)23-20(19)4-3-8-24-23/h3-6,8,11,16-18,22H,7,9-10,12-15H2,1-2H3. The van der Waals surface area contributed by atoms with E-state index in [1.807, 2.05) is 12.4 Å². The molecule has 4 nitrogen and oxygen atoms in total. The normalized spacial score (nSPS) is 31.6. The Morgan fingerprint density at radius 3 is 2.74 bits per heavy atom. The van der Waals surface area contributed by atoms with Crippen LogP contribution in [-0.2, 0) is 0 Å². The van der Waals surface area contributed by atoms with Crippen molar-refractivity contribution in [2.45, 2.75) is 31.7 Å². The van der Waals surface area contributed by atoms with Gasteiger partial charge in [-0.1, -0.05) is 25.1 Å². The van der Waals surface area contributed by atoms with E-state index < -0.39 is 0 Å². The number of benzene rings is 1. The zero-order valence-electron chi connectivity index (χ0n) is 16.5. The van der Waals surface area contributed by atoms with Crippen LogP contribution in [0.3, 0.4) is 0 Å². The Labute approximate surface area is 162 Å². The summed E-state index contributed by atoms with van der Waals surface area (Å²) in [7, 11) is 2.26. The summed E-state index contributed by atoms with van der Waals surface area (Å²) < 4.78 is 0. The summed E-state index contributed by atoms with van der Waals surface area (Å²) in [6, 6.07) is 9.25. The molecule has 0 bridgehead atoms. The van der Waals surface area contributed by atoms with Gasteiger partial charge in [0.1, 0.15) is 6.04 Å². The highest BCUT2D eigenvalue weighted by Crippen LogP contribution is 2.38. The van der Waals surface area contributed by atoms with Crippen LogP contribution in [0, 0.1) is 11.8 Å². The van der Waals surface area contributed by atoms with Gasteiger partial charge in [-0.25, -0.2) is 0 Å². The maximum Gasteiger partial charge on any atom is 0.111 e. The first-order chi connectivity index (χ1) is 13.2. The van der Waals surface area contributed by atoms with Gasteiger partial charge in [0.25, 0.3) is 0 Å². The number of aromatic nitrogens is 1. The smallest absolute Gasteiger partial charge is 0.111 e. The lowest BCUT2D eigenvalue weighted by molar-refractivity contribution is 0.143. The van der Waals surface area contributed by atoms with Crippen molar-refractivity contribution >= 4 is 17.1 Å². The van der Waals surface area contributed by atoms with Gasteiger partial charge in [0.15, 0.2) is 0 Å². The van der Waals surface area contributed by atoms with Gasteiger partial charge >= 0.3 is 0 Å². The fourth-order valence-electron chi connectivity index (χ4n) is 5.39. The largest absolute Gasteiger partial charge is 0.306 e. The quantitative estimate of drug-likeness (QED) is 0.830. The van der Waals surface area contributed by atoms with Crippen molar-refractivity contribution < 1.29 is 0 Å². The molecule has 4 heterocycles. The van der Waals surface area contributed by atoms with Crippen molar-refractivity contribution in [2.75, 3.05) is 39.8 Å². The highest BCUT2D eigenvalue weighted by atomic mass is 15.2. The SMILES string of the molecule is CC1CC(c2ccc(C3C=N3)c3ncccc23)CN(CC2CCN(C)C2)C1. The lowest BCUT2D eigenvalue weighted by atomic mass is 9.82. The second-order valence-electron chi connectivity index (χ2n) is 9.06. The topological polar surface area (TPSA) is 31.7 Å². The molecule has 142 valence electrons. The third kappa shape index (κ3) is 3.53. The summed E-state index contributed by atoms with van der Waals surface area (Å²) in [5, 5.41) is 1.34. The van der Waals surface area contributed by atoms with Crippen LogP contribution in [0.15, 0.2) is 35.5 Å². The van der Waals surface area contributed by atoms with Gasteiger partial charge in [-0.15, -0.1) is 0 Å². The summed E-state index contributed by atoms with van der Waals surface area (Å²) in [6.45, 7) is 8.65. The molecular weight excluding hydrogens is 332 g/mol. The molecule has 4 heteroatoms. The molecule has 2 saturated heterocycles. The highest BCUT2D eigenvalue weighted by Gasteiger charge is 2.31. The van der Waals surface area contributed by atoms with Crippen molar-refractivity contribution in [3.05, 3.63) is 41.6 Å². The number of fused-ring (bicyclic) bond motifs is 1. The number of pyridine rings is 1. The van der Waals surface area contributed by atoms with Crippen LogP contribution in [0.2, 0.25) is 0 Å². The maximum atomic E-state index is 4.73. The summed E-state index contributed by atoms with van der Waals surface area (Å²) in [4.78, 5) is 14.3. The first-order valence-corrected chi connectivity index (χ1v) is 10.5. The third-order valence-electron chi connectivity index (χ3n) is 6.63. The lowest BCUT2D eigenvalue weighted by Crippen LogP contribution is -2.41. The van der Waals surface area contributed by atoms with Crippen molar-refractivity contribution in [1.82, 2.24) is 14.8 Å². The van der Waals surface area contributed by atoms with E-state index in [-0.39, 0.29) is 6.04 Å². The lowest BCUT2D eigenvalue weighted by Gasteiger charge is -2.38.